The summed E-state index contributed by atoms with van der Waals surface area (Å²) in [7, 11) is 0. The number of ether oxygens (including phenoxy) is 1. The van der Waals surface area contributed by atoms with E-state index in [2.05, 4.69) is 15.5 Å². The maximum atomic E-state index is 14.8. The summed E-state index contributed by atoms with van der Waals surface area (Å²) in [5.74, 6) is -1.21. The van der Waals surface area contributed by atoms with E-state index in [1.807, 2.05) is 62.4 Å². The Morgan fingerprint density at radius 2 is 1.82 bits per heavy atom. The third-order valence-electron chi connectivity index (χ3n) is 9.04. The van der Waals surface area contributed by atoms with Crippen LogP contribution in [0.2, 0.25) is 5.02 Å². The summed E-state index contributed by atoms with van der Waals surface area (Å²) in [5, 5.41) is 6.53. The molecule has 198 valence electrons. The minimum atomic E-state index is -1.52. The van der Waals surface area contributed by atoms with Crippen molar-refractivity contribution in [2.75, 3.05) is 23.8 Å². The topological polar surface area (TPSA) is 87.7 Å². The Labute approximate surface area is 231 Å². The highest BCUT2D eigenvalue weighted by atomic mass is 35.5. The molecule has 2 fully saturated rings. The Balaban J connectivity index is 1.59. The average molecular weight is 542 g/mol. The summed E-state index contributed by atoms with van der Waals surface area (Å²) in [6, 6.07) is 18.0. The zero-order valence-corrected chi connectivity index (χ0v) is 22.5. The highest BCUT2D eigenvalue weighted by Crippen LogP contribution is 2.68. The molecular formula is C31H28ClN3O4. The van der Waals surface area contributed by atoms with E-state index in [0.29, 0.717) is 58.4 Å². The number of anilines is 2. The highest BCUT2D eigenvalue weighted by Gasteiger charge is 2.81. The van der Waals surface area contributed by atoms with E-state index >= 15 is 0 Å². The molecule has 0 unspecified atom stereocenters. The van der Waals surface area contributed by atoms with E-state index in [0.717, 1.165) is 12.0 Å². The molecule has 2 N–H and O–H groups in total. The number of aryl methyl sites for hydroxylation is 1. The molecule has 39 heavy (non-hydrogen) atoms. The minimum absolute atomic E-state index is 0.195. The van der Waals surface area contributed by atoms with Gasteiger partial charge in [-0.25, -0.2) is 0 Å². The van der Waals surface area contributed by atoms with E-state index in [1.54, 1.807) is 12.1 Å². The third kappa shape index (κ3) is 2.84. The van der Waals surface area contributed by atoms with Crippen molar-refractivity contribution in [2.45, 2.75) is 43.7 Å². The van der Waals surface area contributed by atoms with Gasteiger partial charge in [0.15, 0.2) is 5.78 Å². The number of halogens is 1. The van der Waals surface area contributed by atoms with Gasteiger partial charge in [-0.3, -0.25) is 19.3 Å². The van der Waals surface area contributed by atoms with Gasteiger partial charge in [0.2, 0.25) is 5.91 Å². The van der Waals surface area contributed by atoms with E-state index in [-0.39, 0.29) is 23.6 Å². The zero-order chi connectivity index (χ0) is 27.1. The van der Waals surface area contributed by atoms with Crippen LogP contribution in [-0.4, -0.2) is 41.7 Å². The summed E-state index contributed by atoms with van der Waals surface area (Å²) >= 11 is 6.71. The van der Waals surface area contributed by atoms with Gasteiger partial charge in [0.05, 0.1) is 28.8 Å². The fourth-order valence-corrected chi connectivity index (χ4v) is 8.21. The molecule has 3 aromatic rings. The van der Waals surface area contributed by atoms with Crippen molar-refractivity contribution in [3.05, 3.63) is 87.9 Å². The number of nitrogens with one attached hydrogen (secondary N) is 2. The van der Waals surface area contributed by atoms with Crippen LogP contribution in [0.1, 0.15) is 46.8 Å². The Bertz CT molecular complexity index is 1590. The van der Waals surface area contributed by atoms with Gasteiger partial charge in [-0.05, 0) is 68.6 Å². The van der Waals surface area contributed by atoms with Gasteiger partial charge in [0.25, 0.3) is 5.91 Å². The van der Waals surface area contributed by atoms with Crippen molar-refractivity contribution < 1.29 is 19.1 Å². The Morgan fingerprint density at radius 1 is 1.05 bits per heavy atom. The smallest absolute Gasteiger partial charge is 0.251 e. The quantitative estimate of drug-likeness (QED) is 0.451. The van der Waals surface area contributed by atoms with Crippen molar-refractivity contribution in [3.8, 4) is 5.75 Å². The predicted octanol–water partition coefficient (Wildman–Crippen LogP) is 5.06. The molecule has 4 aliphatic rings. The Morgan fingerprint density at radius 3 is 2.64 bits per heavy atom. The maximum Gasteiger partial charge on any atom is 0.251 e. The molecule has 0 aliphatic carbocycles. The second-order valence-corrected chi connectivity index (χ2v) is 11.2. The number of hydrogen-bond donors (Lipinski definition) is 2. The lowest BCUT2D eigenvalue weighted by atomic mass is 9.57. The molecule has 4 heterocycles. The van der Waals surface area contributed by atoms with Crippen LogP contribution in [-0.2, 0) is 20.5 Å². The molecule has 0 radical (unpaired) electrons. The Kier molecular flexibility index (Phi) is 5.25. The lowest BCUT2D eigenvalue weighted by Gasteiger charge is -2.43. The largest absolute Gasteiger partial charge is 0.493 e. The second-order valence-electron chi connectivity index (χ2n) is 10.8. The average Bonchev–Trinajstić information content (AvgIpc) is 3.64. The first kappa shape index (κ1) is 24.4. The SMILES string of the molecule is CCOc1ccccc1C(=O)[C@@H]1[C@@H]2CCCN2[C@]2(C(=O)Nc3c(Cl)cc(C)cc32)[C@@]12C(=O)Nc1ccccc12. The van der Waals surface area contributed by atoms with Crippen LogP contribution in [0.15, 0.2) is 60.7 Å². The monoisotopic (exact) mass is 541 g/mol. The molecule has 8 heteroatoms. The number of Topliss-reactive ketones (excluding diaryl/α,β-unsaturated/α-hetero) is 1. The first-order chi connectivity index (χ1) is 18.9. The van der Waals surface area contributed by atoms with Crippen molar-refractivity contribution in [1.29, 1.82) is 0 Å². The van der Waals surface area contributed by atoms with Crippen LogP contribution in [0, 0.1) is 12.8 Å². The number of fused-ring (bicyclic) bond motifs is 7. The number of amides is 2. The van der Waals surface area contributed by atoms with E-state index in [1.165, 1.54) is 0 Å². The van der Waals surface area contributed by atoms with E-state index < -0.39 is 16.9 Å². The van der Waals surface area contributed by atoms with Gasteiger partial charge in [-0.1, -0.05) is 48.0 Å². The van der Waals surface area contributed by atoms with Gasteiger partial charge >= 0.3 is 0 Å². The molecule has 3 aromatic carbocycles. The van der Waals surface area contributed by atoms with Crippen LogP contribution >= 0.6 is 11.6 Å². The van der Waals surface area contributed by atoms with Gasteiger partial charge in [0, 0.05) is 17.3 Å². The van der Waals surface area contributed by atoms with Crippen LogP contribution in [0.4, 0.5) is 11.4 Å². The molecule has 0 bridgehead atoms. The van der Waals surface area contributed by atoms with Crippen molar-refractivity contribution in [2.24, 2.45) is 5.92 Å². The number of para-hydroxylation sites is 2. The molecule has 2 saturated heterocycles. The number of benzene rings is 3. The number of carbonyl (C=O) groups is 3. The summed E-state index contributed by atoms with van der Waals surface area (Å²) in [6.07, 6.45) is 1.50. The normalized spacial score (nSPS) is 28.4. The number of nitrogens with zero attached hydrogens (tertiary/aromatic N) is 1. The van der Waals surface area contributed by atoms with E-state index in [9.17, 15) is 14.4 Å². The molecule has 0 aromatic heterocycles. The maximum absolute atomic E-state index is 14.8. The zero-order valence-electron chi connectivity index (χ0n) is 21.7. The first-order valence-corrected chi connectivity index (χ1v) is 13.8. The number of ketones is 1. The van der Waals surface area contributed by atoms with Gasteiger partial charge < -0.3 is 15.4 Å². The lowest BCUT2D eigenvalue weighted by molar-refractivity contribution is -0.137. The van der Waals surface area contributed by atoms with Crippen molar-refractivity contribution in [3.63, 3.8) is 0 Å². The standard InChI is InChI=1S/C31H28ClN3O4/c1-3-39-24-13-7-4-9-18(24)27(36)25-23-12-8-14-35(23)31(20-15-17(2)16-21(32)26(20)34-29(31)38)30(25)19-10-5-6-11-22(19)33-28(30)37/h4-7,9-11,13,15-16,23,25H,3,8,12,14H2,1-2H3,(H,33,37)(H,34,38)/t23-,25-,30+,31+/m0/s1. The first-order valence-electron chi connectivity index (χ1n) is 13.4. The van der Waals surface area contributed by atoms with Crippen LogP contribution in [0.25, 0.3) is 0 Å². The number of carbonyl (C=O) groups excluding carboxylic acids is 3. The van der Waals surface area contributed by atoms with Crippen LogP contribution < -0.4 is 15.4 Å². The molecule has 4 aliphatic heterocycles. The summed E-state index contributed by atoms with van der Waals surface area (Å²) in [4.78, 5) is 46.1. The van der Waals surface area contributed by atoms with Gasteiger partial charge in [0.1, 0.15) is 16.7 Å². The highest BCUT2D eigenvalue weighted by molar-refractivity contribution is 6.35. The van der Waals surface area contributed by atoms with E-state index in [4.69, 9.17) is 16.3 Å². The summed E-state index contributed by atoms with van der Waals surface area (Å²) in [6.45, 7) is 4.78. The van der Waals surface area contributed by atoms with Gasteiger partial charge in [-0.2, -0.15) is 0 Å². The minimum Gasteiger partial charge on any atom is -0.493 e. The molecule has 2 spiro atoms. The lowest BCUT2D eigenvalue weighted by Crippen LogP contribution is -2.62. The number of hydrogen-bond acceptors (Lipinski definition) is 5. The molecular weight excluding hydrogens is 514 g/mol. The van der Waals surface area contributed by atoms with Crippen LogP contribution in [0.5, 0.6) is 5.75 Å². The predicted molar refractivity (Wildman–Crippen MR) is 148 cm³/mol. The van der Waals surface area contributed by atoms with Gasteiger partial charge in [-0.15, -0.1) is 0 Å². The molecule has 7 rings (SSSR count). The molecule has 4 atom stereocenters. The van der Waals surface area contributed by atoms with Crippen LogP contribution in [0.3, 0.4) is 0 Å². The summed E-state index contributed by atoms with van der Waals surface area (Å²) < 4.78 is 5.87. The fraction of sp³-hybridized carbons (Fsp3) is 0.323. The van der Waals surface area contributed by atoms with Crippen molar-refractivity contribution in [1.82, 2.24) is 4.90 Å². The second kappa shape index (κ2) is 8.41. The fourth-order valence-electron chi connectivity index (χ4n) is 7.89. The van der Waals surface area contributed by atoms with Crippen molar-refractivity contribution >= 4 is 40.6 Å². The third-order valence-corrected chi connectivity index (χ3v) is 9.33. The number of rotatable bonds is 4. The molecule has 7 nitrogen and oxygen atoms in total. The summed E-state index contributed by atoms with van der Waals surface area (Å²) in [5.41, 5.74) is 0.793. The molecule has 2 amide bonds. The molecule has 0 saturated carbocycles. The Hall–Kier alpha value is -3.68.